The van der Waals surface area contributed by atoms with Crippen LogP contribution in [0.15, 0.2) is 12.1 Å². The van der Waals surface area contributed by atoms with Gasteiger partial charge in [0.05, 0.1) is 23.8 Å². The summed E-state index contributed by atoms with van der Waals surface area (Å²) in [5, 5.41) is 5.19. The molecule has 166 valence electrons. The number of carbonyl (C=O) groups excluding carboxylic acids is 4. The monoisotopic (exact) mass is 429 g/mol. The van der Waals surface area contributed by atoms with Crippen molar-refractivity contribution in [2.24, 2.45) is 0 Å². The van der Waals surface area contributed by atoms with Crippen molar-refractivity contribution in [3.63, 3.8) is 0 Å². The molecule has 2 N–H and O–H groups in total. The lowest BCUT2D eigenvalue weighted by molar-refractivity contribution is -0.136. The van der Waals surface area contributed by atoms with Gasteiger partial charge in [0.25, 0.3) is 5.91 Å². The molecular weight excluding hydrogens is 402 g/mol. The largest absolute Gasteiger partial charge is 0.444 e. The van der Waals surface area contributed by atoms with Gasteiger partial charge in [-0.2, -0.15) is 0 Å². The van der Waals surface area contributed by atoms with Crippen molar-refractivity contribution in [3.8, 4) is 0 Å². The van der Waals surface area contributed by atoms with E-state index in [1.807, 2.05) is 20.8 Å². The predicted octanol–water partition coefficient (Wildman–Crippen LogP) is 0.946. The summed E-state index contributed by atoms with van der Waals surface area (Å²) < 4.78 is 5.32. The van der Waals surface area contributed by atoms with Gasteiger partial charge in [-0.05, 0) is 45.7 Å². The number of ether oxygens (including phenoxy) is 1. The number of pyridine rings is 1. The average molecular weight is 429 g/mol. The van der Waals surface area contributed by atoms with Crippen molar-refractivity contribution in [3.05, 3.63) is 23.4 Å². The van der Waals surface area contributed by atoms with Gasteiger partial charge in [0.1, 0.15) is 17.5 Å². The van der Waals surface area contributed by atoms with E-state index >= 15 is 0 Å². The topological polar surface area (TPSA) is 121 Å². The Bertz CT molecular complexity index is 941. The Morgan fingerprint density at radius 1 is 1.23 bits per heavy atom. The number of aromatic nitrogens is 1. The number of fused-ring (bicyclic) bond motifs is 1. The highest BCUT2D eigenvalue weighted by molar-refractivity contribution is 6.05. The summed E-state index contributed by atoms with van der Waals surface area (Å²) in [6, 6.07) is 2.82. The fourth-order valence-electron chi connectivity index (χ4n) is 4.16. The first-order valence-corrected chi connectivity index (χ1v) is 10.5. The van der Waals surface area contributed by atoms with E-state index < -0.39 is 23.6 Å². The number of imide groups is 1. The lowest BCUT2D eigenvalue weighted by Gasteiger charge is -2.29. The van der Waals surface area contributed by atoms with Gasteiger partial charge in [-0.25, -0.2) is 9.78 Å². The highest BCUT2D eigenvalue weighted by atomic mass is 16.6. The highest BCUT2D eigenvalue weighted by Crippen LogP contribution is 2.29. The second-order valence-electron chi connectivity index (χ2n) is 9.14. The van der Waals surface area contributed by atoms with Crippen molar-refractivity contribution in [1.29, 1.82) is 0 Å². The molecule has 3 aliphatic rings. The molecule has 4 amide bonds. The third-order valence-electron chi connectivity index (χ3n) is 5.59. The Morgan fingerprint density at radius 3 is 2.71 bits per heavy atom. The molecule has 1 aromatic heterocycles. The molecule has 0 aromatic carbocycles. The number of hydrogen-bond acceptors (Lipinski definition) is 7. The van der Waals surface area contributed by atoms with E-state index in [2.05, 4.69) is 20.5 Å². The maximum atomic E-state index is 12.8. The van der Waals surface area contributed by atoms with Gasteiger partial charge in [-0.15, -0.1) is 0 Å². The molecule has 4 heterocycles. The van der Waals surface area contributed by atoms with Crippen LogP contribution >= 0.6 is 0 Å². The van der Waals surface area contributed by atoms with Gasteiger partial charge in [-0.3, -0.25) is 19.7 Å². The molecule has 3 aliphatic heterocycles. The lowest BCUT2D eigenvalue weighted by atomic mass is 10.0. The minimum Gasteiger partial charge on any atom is -0.444 e. The maximum Gasteiger partial charge on any atom is 0.407 e. The molecule has 2 atom stereocenters. The third-order valence-corrected chi connectivity index (χ3v) is 5.59. The molecule has 2 fully saturated rings. The second-order valence-corrected chi connectivity index (χ2v) is 9.14. The minimum atomic E-state index is -0.656. The number of amides is 4. The Balaban J connectivity index is 1.40. The summed E-state index contributed by atoms with van der Waals surface area (Å²) in [5.74, 6) is -0.262. The number of piperidine rings is 1. The van der Waals surface area contributed by atoms with Crippen LogP contribution in [0.4, 0.5) is 10.6 Å². The standard InChI is InChI=1S/C21H27N5O5/c1-21(2,3)31-20(30)22-12-8-9-25(10-12)16-6-4-13-14(23-16)11-26(19(13)29)15-5-7-17(27)24-18(15)28/h4,6,12,15H,5,7-11H2,1-3H3,(H,22,30)(H,24,27,28). The van der Waals surface area contributed by atoms with Crippen LogP contribution in [-0.4, -0.2) is 64.5 Å². The number of rotatable bonds is 3. The van der Waals surface area contributed by atoms with Gasteiger partial charge in [0.15, 0.2) is 0 Å². The summed E-state index contributed by atoms with van der Waals surface area (Å²) in [4.78, 5) is 56.6. The van der Waals surface area contributed by atoms with Gasteiger partial charge in [0.2, 0.25) is 11.8 Å². The molecule has 4 rings (SSSR count). The summed E-state index contributed by atoms with van der Waals surface area (Å²) in [7, 11) is 0. The van der Waals surface area contributed by atoms with Crippen molar-refractivity contribution in [2.45, 2.75) is 64.3 Å². The zero-order chi connectivity index (χ0) is 22.3. The molecule has 2 unspecified atom stereocenters. The highest BCUT2D eigenvalue weighted by Gasteiger charge is 2.40. The van der Waals surface area contributed by atoms with Crippen molar-refractivity contribution >= 4 is 29.6 Å². The number of hydrogen-bond donors (Lipinski definition) is 2. The third kappa shape index (κ3) is 4.47. The summed E-state index contributed by atoms with van der Waals surface area (Å²) in [6.45, 7) is 7.01. The molecule has 0 radical (unpaired) electrons. The van der Waals surface area contributed by atoms with Gasteiger partial charge in [-0.1, -0.05) is 0 Å². The number of nitrogens with one attached hydrogen (secondary N) is 2. The predicted molar refractivity (Wildman–Crippen MR) is 110 cm³/mol. The fourth-order valence-corrected chi connectivity index (χ4v) is 4.16. The molecule has 0 aliphatic carbocycles. The molecule has 10 nitrogen and oxygen atoms in total. The molecule has 31 heavy (non-hydrogen) atoms. The van der Waals surface area contributed by atoms with E-state index in [4.69, 9.17) is 4.74 Å². The number of nitrogens with zero attached hydrogens (tertiary/aromatic N) is 3. The van der Waals surface area contributed by atoms with E-state index in [1.54, 1.807) is 12.1 Å². The Labute approximate surface area is 180 Å². The van der Waals surface area contributed by atoms with Crippen LogP contribution < -0.4 is 15.5 Å². The van der Waals surface area contributed by atoms with E-state index in [0.29, 0.717) is 24.2 Å². The normalized spacial score (nSPS) is 23.6. The Hall–Kier alpha value is -3.17. The van der Waals surface area contributed by atoms with Crippen LogP contribution in [0.2, 0.25) is 0 Å². The number of carbonyl (C=O) groups is 4. The quantitative estimate of drug-likeness (QED) is 0.686. The maximum absolute atomic E-state index is 12.8. The van der Waals surface area contributed by atoms with E-state index in [0.717, 1.165) is 18.8 Å². The van der Waals surface area contributed by atoms with Crippen LogP contribution in [-0.2, 0) is 20.9 Å². The zero-order valence-electron chi connectivity index (χ0n) is 17.9. The molecule has 0 saturated carbocycles. The Morgan fingerprint density at radius 2 is 2.00 bits per heavy atom. The van der Waals surface area contributed by atoms with Gasteiger partial charge in [0, 0.05) is 19.5 Å². The summed E-state index contributed by atoms with van der Waals surface area (Å²) >= 11 is 0. The van der Waals surface area contributed by atoms with Crippen molar-refractivity contribution in [2.75, 3.05) is 18.0 Å². The second kappa shape index (κ2) is 7.82. The first-order valence-electron chi connectivity index (χ1n) is 10.5. The summed E-state index contributed by atoms with van der Waals surface area (Å²) in [6.07, 6.45) is 0.863. The van der Waals surface area contributed by atoms with Gasteiger partial charge >= 0.3 is 6.09 Å². The lowest BCUT2D eigenvalue weighted by Crippen LogP contribution is -2.52. The van der Waals surface area contributed by atoms with Crippen LogP contribution in [0.25, 0.3) is 0 Å². The van der Waals surface area contributed by atoms with Crippen LogP contribution in [0.5, 0.6) is 0 Å². The molecule has 2 saturated heterocycles. The van der Waals surface area contributed by atoms with Crippen LogP contribution in [0.1, 0.15) is 56.1 Å². The molecular formula is C21H27N5O5. The zero-order valence-corrected chi connectivity index (χ0v) is 17.9. The van der Waals surface area contributed by atoms with E-state index in [1.165, 1.54) is 4.90 Å². The van der Waals surface area contributed by atoms with E-state index in [9.17, 15) is 19.2 Å². The Kier molecular flexibility index (Phi) is 5.32. The van der Waals surface area contributed by atoms with Gasteiger partial charge < -0.3 is 19.9 Å². The molecule has 1 aromatic rings. The number of alkyl carbamates (subject to hydrolysis) is 1. The fraction of sp³-hybridized carbons (Fsp3) is 0.571. The first-order chi connectivity index (χ1) is 14.6. The number of anilines is 1. The van der Waals surface area contributed by atoms with Crippen LogP contribution in [0.3, 0.4) is 0 Å². The van der Waals surface area contributed by atoms with E-state index in [-0.39, 0.29) is 30.8 Å². The molecule has 0 bridgehead atoms. The smallest absolute Gasteiger partial charge is 0.407 e. The average Bonchev–Trinajstić information content (AvgIpc) is 3.25. The van der Waals surface area contributed by atoms with Crippen molar-refractivity contribution in [1.82, 2.24) is 20.5 Å². The first kappa shape index (κ1) is 21.1. The van der Waals surface area contributed by atoms with Crippen LogP contribution in [0, 0.1) is 0 Å². The van der Waals surface area contributed by atoms with Crippen molar-refractivity contribution < 1.29 is 23.9 Å². The molecule has 0 spiro atoms. The minimum absolute atomic E-state index is 0.0495. The molecule has 10 heteroatoms. The summed E-state index contributed by atoms with van der Waals surface area (Å²) in [5.41, 5.74) is 0.553. The SMILES string of the molecule is CC(C)(C)OC(=O)NC1CCN(c2ccc3c(n2)CN(C2CCC(=O)NC2=O)C3=O)C1.